The molecule has 2 aromatic heterocycles. The van der Waals surface area contributed by atoms with E-state index in [1.165, 1.54) is 0 Å². The van der Waals surface area contributed by atoms with Crippen LogP contribution in [0, 0.1) is 0 Å². The maximum atomic E-state index is 13.7. The zero-order valence-corrected chi connectivity index (χ0v) is 23.3. The normalized spacial score (nSPS) is 16.8. The molecule has 1 fully saturated rings. The average Bonchev–Trinajstić information content (AvgIpc) is 3.56. The Bertz CT molecular complexity index is 1730. The summed E-state index contributed by atoms with van der Waals surface area (Å²) < 4.78 is 15.0. The molecule has 1 atom stereocenters. The molecule has 1 unspecified atom stereocenters. The van der Waals surface area contributed by atoms with Crippen molar-refractivity contribution in [1.82, 2.24) is 29.5 Å². The lowest BCUT2D eigenvalue weighted by Gasteiger charge is -2.39. The van der Waals surface area contributed by atoms with E-state index in [1.54, 1.807) is 27.2 Å². The van der Waals surface area contributed by atoms with Crippen LogP contribution in [0.1, 0.15) is 33.7 Å². The van der Waals surface area contributed by atoms with Gasteiger partial charge in [0.15, 0.2) is 39.4 Å². The largest absolute Gasteiger partial charge is 0.382 e. The third-order valence-corrected chi connectivity index (χ3v) is 8.93. The lowest BCUT2D eigenvalue weighted by molar-refractivity contribution is 0.0670. The molecule has 14 heteroatoms. The molecule has 41 heavy (non-hydrogen) atoms. The molecular formula is C27H26ClN9O3S. The Morgan fingerprint density at radius 2 is 1.71 bits per heavy atom. The highest BCUT2D eigenvalue weighted by atomic mass is 35.5. The Labute approximate surface area is 242 Å². The van der Waals surface area contributed by atoms with E-state index < -0.39 is 22.4 Å². The average molecular weight is 592 g/mol. The van der Waals surface area contributed by atoms with Crippen LogP contribution in [0.2, 0.25) is 5.15 Å². The van der Waals surface area contributed by atoms with E-state index in [4.69, 9.17) is 23.1 Å². The highest BCUT2D eigenvalue weighted by Gasteiger charge is 2.40. The first-order valence-electron chi connectivity index (χ1n) is 12.8. The highest BCUT2D eigenvalue weighted by molar-refractivity contribution is 7.83. The number of amides is 2. The van der Waals surface area contributed by atoms with Gasteiger partial charge in [0, 0.05) is 24.7 Å². The summed E-state index contributed by atoms with van der Waals surface area (Å²) >= 11 is 5.89. The SMILES string of the molecule is Nc1nc(N)c(C(=O)NC2=NCC3(CCN(C(=O)c4cn(S(=O)c5ccccc5)c5ccccc45)CC3)N2)nc1Cl. The summed E-state index contributed by atoms with van der Waals surface area (Å²) in [4.78, 5) is 41.1. The number of hydrogen-bond acceptors (Lipinski definition) is 9. The van der Waals surface area contributed by atoms with Crippen molar-refractivity contribution in [1.29, 1.82) is 0 Å². The van der Waals surface area contributed by atoms with Crippen molar-refractivity contribution in [3.8, 4) is 0 Å². The Morgan fingerprint density at radius 1 is 1.00 bits per heavy atom. The van der Waals surface area contributed by atoms with Crippen molar-refractivity contribution in [2.75, 3.05) is 31.1 Å². The Morgan fingerprint density at radius 3 is 2.46 bits per heavy atom. The summed E-state index contributed by atoms with van der Waals surface area (Å²) in [6, 6.07) is 16.6. The number of fused-ring (bicyclic) bond motifs is 1. The lowest BCUT2D eigenvalue weighted by atomic mass is 9.88. The Kier molecular flexibility index (Phi) is 6.83. The number of guanidine groups is 1. The minimum Gasteiger partial charge on any atom is -0.382 e. The number of nitrogens with two attached hydrogens (primary N) is 2. The zero-order valence-electron chi connectivity index (χ0n) is 21.7. The number of aromatic nitrogens is 3. The maximum absolute atomic E-state index is 13.7. The van der Waals surface area contributed by atoms with E-state index >= 15 is 0 Å². The van der Waals surface area contributed by atoms with Crippen molar-refractivity contribution >= 4 is 62.9 Å². The summed E-state index contributed by atoms with van der Waals surface area (Å²) in [7, 11) is -1.50. The van der Waals surface area contributed by atoms with Gasteiger partial charge in [-0.1, -0.05) is 48.0 Å². The number of carbonyl (C=O) groups excluding carboxylic acids is 2. The predicted octanol–water partition coefficient (Wildman–Crippen LogP) is 2.18. The topological polar surface area (TPSA) is 174 Å². The number of nitrogen functional groups attached to an aromatic ring is 2. The fourth-order valence-electron chi connectivity index (χ4n) is 5.11. The monoisotopic (exact) mass is 591 g/mol. The van der Waals surface area contributed by atoms with E-state index in [2.05, 4.69) is 25.6 Å². The van der Waals surface area contributed by atoms with Crippen molar-refractivity contribution in [2.45, 2.75) is 23.3 Å². The van der Waals surface area contributed by atoms with E-state index in [-0.39, 0.29) is 34.3 Å². The second-order valence-corrected chi connectivity index (χ2v) is 11.6. The van der Waals surface area contributed by atoms with Gasteiger partial charge >= 0.3 is 0 Å². The highest BCUT2D eigenvalue weighted by Crippen LogP contribution is 2.30. The van der Waals surface area contributed by atoms with E-state index in [9.17, 15) is 13.8 Å². The van der Waals surface area contributed by atoms with Crippen LogP contribution in [0.3, 0.4) is 0 Å². The van der Waals surface area contributed by atoms with E-state index in [1.807, 2.05) is 42.5 Å². The summed E-state index contributed by atoms with van der Waals surface area (Å²) in [5, 5.41) is 6.61. The molecule has 4 heterocycles. The number of likely N-dealkylation sites (tertiary alicyclic amines) is 1. The van der Waals surface area contributed by atoms with Gasteiger partial charge in [-0.2, -0.15) is 0 Å². The van der Waals surface area contributed by atoms with Gasteiger partial charge in [-0.15, -0.1) is 0 Å². The Balaban J connectivity index is 1.13. The standard InChI is InChI=1S/C27H26ClN9O3S/c28-21-23(30)33-22(29)20(32-21)24(38)34-26-31-15-27(35-26)10-12-36(13-11-27)25(39)18-14-37(19-9-5-4-8-17(18)19)41(40)16-6-2-1-3-7-16/h1-9,14H,10-13,15H2,(H4,29,30,33)(H2,31,34,35,38). The first kappa shape index (κ1) is 26.7. The minimum absolute atomic E-state index is 0.0636. The molecule has 1 spiro atoms. The van der Waals surface area contributed by atoms with Gasteiger partial charge in [-0.25, -0.2) is 14.2 Å². The minimum atomic E-state index is -1.50. The van der Waals surface area contributed by atoms with Crippen molar-refractivity contribution < 1.29 is 13.8 Å². The molecule has 210 valence electrons. The molecule has 0 bridgehead atoms. The van der Waals surface area contributed by atoms with Crippen LogP contribution in [0.4, 0.5) is 11.6 Å². The molecule has 2 amide bonds. The van der Waals surface area contributed by atoms with Crippen molar-refractivity contribution in [3.05, 3.63) is 77.2 Å². The number of carbonyl (C=O) groups is 2. The number of piperidine rings is 1. The van der Waals surface area contributed by atoms with Gasteiger partial charge in [0.05, 0.1) is 28.1 Å². The molecule has 12 nitrogen and oxygen atoms in total. The van der Waals surface area contributed by atoms with Crippen LogP contribution in [0.25, 0.3) is 10.9 Å². The Hall–Kier alpha value is -4.49. The maximum Gasteiger partial charge on any atom is 0.280 e. The predicted molar refractivity (Wildman–Crippen MR) is 157 cm³/mol. The van der Waals surface area contributed by atoms with Gasteiger partial charge in [0.25, 0.3) is 11.8 Å². The number of para-hydroxylation sites is 1. The number of hydrogen-bond donors (Lipinski definition) is 4. The fraction of sp³-hybridized carbons (Fsp3) is 0.222. The number of halogens is 1. The third-order valence-electron chi connectivity index (χ3n) is 7.31. The molecule has 0 radical (unpaired) electrons. The quantitative estimate of drug-likeness (QED) is 0.279. The van der Waals surface area contributed by atoms with Gasteiger partial charge < -0.3 is 21.7 Å². The number of nitrogens with one attached hydrogen (secondary N) is 2. The van der Waals surface area contributed by atoms with Gasteiger partial charge in [-0.05, 0) is 31.0 Å². The van der Waals surface area contributed by atoms with E-state index in [0.29, 0.717) is 42.9 Å². The number of rotatable bonds is 4. The molecule has 6 N–H and O–H groups in total. The van der Waals surface area contributed by atoms with Crippen LogP contribution >= 0.6 is 11.6 Å². The fourth-order valence-corrected chi connectivity index (χ4v) is 6.39. The second kappa shape index (κ2) is 10.5. The summed E-state index contributed by atoms with van der Waals surface area (Å²) in [6.07, 6.45) is 2.92. The van der Waals surface area contributed by atoms with Crippen LogP contribution in [0.5, 0.6) is 0 Å². The van der Waals surface area contributed by atoms with Crippen molar-refractivity contribution in [2.24, 2.45) is 4.99 Å². The number of nitrogens with zero attached hydrogens (tertiary/aromatic N) is 5. The van der Waals surface area contributed by atoms with Crippen molar-refractivity contribution in [3.63, 3.8) is 0 Å². The van der Waals surface area contributed by atoms with Crippen LogP contribution in [-0.4, -0.2) is 66.0 Å². The molecule has 2 aliphatic heterocycles. The number of anilines is 2. The molecule has 4 aromatic rings. The van der Waals surface area contributed by atoms with E-state index in [0.717, 1.165) is 10.9 Å². The van der Waals surface area contributed by atoms with Gasteiger partial charge in [0.2, 0.25) is 0 Å². The summed E-state index contributed by atoms with van der Waals surface area (Å²) in [5.74, 6) is -0.654. The molecule has 0 aliphatic carbocycles. The molecule has 6 rings (SSSR count). The third kappa shape index (κ3) is 4.98. The smallest absolute Gasteiger partial charge is 0.280 e. The van der Waals surface area contributed by atoms with Crippen LogP contribution < -0.4 is 22.1 Å². The molecule has 0 saturated carbocycles. The molecule has 2 aromatic carbocycles. The first-order valence-corrected chi connectivity index (χ1v) is 14.3. The van der Waals surface area contributed by atoms with Gasteiger partial charge in [-0.3, -0.25) is 23.9 Å². The molecule has 1 saturated heterocycles. The van der Waals surface area contributed by atoms with Crippen LogP contribution in [0.15, 0.2) is 70.7 Å². The summed E-state index contributed by atoms with van der Waals surface area (Å²) in [5.41, 5.74) is 12.0. The van der Waals surface area contributed by atoms with Gasteiger partial charge in [0.1, 0.15) is 0 Å². The molecular weight excluding hydrogens is 566 g/mol. The second-order valence-electron chi connectivity index (χ2n) is 9.90. The number of aliphatic imine (C=N–C) groups is 1. The first-order chi connectivity index (χ1) is 19.7. The lowest BCUT2D eigenvalue weighted by Crippen LogP contribution is -2.57. The molecule has 2 aliphatic rings. The van der Waals surface area contributed by atoms with Crippen LogP contribution in [-0.2, 0) is 11.0 Å². The summed E-state index contributed by atoms with van der Waals surface area (Å²) in [6.45, 7) is 1.40. The number of benzene rings is 2. The zero-order chi connectivity index (χ0) is 28.7.